The number of amides is 1. The number of nitrogens with zero attached hydrogens (tertiary/aromatic N) is 3. The molecule has 144 valence electrons. The van der Waals surface area contributed by atoms with Gasteiger partial charge >= 0.3 is 0 Å². The molecular formula is C25H23N3O. The maximum Gasteiger partial charge on any atom is 0.257 e. The van der Waals surface area contributed by atoms with Crippen molar-refractivity contribution in [1.29, 1.82) is 0 Å². The van der Waals surface area contributed by atoms with E-state index in [0.29, 0.717) is 5.56 Å². The number of piperidine rings is 1. The number of carbonyl (C=O) groups excluding carboxylic acids is 1. The van der Waals surface area contributed by atoms with Crippen LogP contribution >= 0.6 is 0 Å². The molecule has 1 saturated heterocycles. The number of likely N-dealkylation sites (tertiary alicyclic amines) is 1. The molecule has 0 atom stereocenters. The fourth-order valence-corrected chi connectivity index (χ4v) is 4.14. The predicted octanol–water partition coefficient (Wildman–Crippen LogP) is 5.32. The van der Waals surface area contributed by atoms with E-state index >= 15 is 0 Å². The van der Waals surface area contributed by atoms with Crippen molar-refractivity contribution in [3.05, 3.63) is 84.6 Å². The van der Waals surface area contributed by atoms with E-state index in [1.165, 1.54) is 6.42 Å². The first-order valence-electron chi connectivity index (χ1n) is 10.2. The van der Waals surface area contributed by atoms with Crippen LogP contribution in [-0.2, 0) is 0 Å². The zero-order valence-electron chi connectivity index (χ0n) is 16.3. The minimum Gasteiger partial charge on any atom is -0.339 e. The summed E-state index contributed by atoms with van der Waals surface area (Å²) in [5.41, 5.74) is 3.37. The second kappa shape index (κ2) is 7.55. The van der Waals surface area contributed by atoms with Gasteiger partial charge in [0.15, 0.2) is 0 Å². The zero-order valence-corrected chi connectivity index (χ0v) is 16.3. The molecule has 0 aliphatic carbocycles. The van der Waals surface area contributed by atoms with Gasteiger partial charge in [0, 0.05) is 24.8 Å². The summed E-state index contributed by atoms with van der Waals surface area (Å²) in [4.78, 5) is 15.4. The van der Waals surface area contributed by atoms with Crippen LogP contribution in [0.15, 0.2) is 79.0 Å². The van der Waals surface area contributed by atoms with Gasteiger partial charge in [-0.05, 0) is 42.2 Å². The van der Waals surface area contributed by atoms with Crippen molar-refractivity contribution in [2.75, 3.05) is 13.1 Å². The van der Waals surface area contributed by atoms with Crippen LogP contribution in [0.5, 0.6) is 0 Å². The van der Waals surface area contributed by atoms with Crippen molar-refractivity contribution in [1.82, 2.24) is 14.7 Å². The highest BCUT2D eigenvalue weighted by molar-refractivity contribution is 6.05. The van der Waals surface area contributed by atoms with Crippen LogP contribution in [-0.4, -0.2) is 33.7 Å². The number of para-hydroxylation sites is 1. The lowest BCUT2D eigenvalue weighted by Gasteiger charge is -2.26. The van der Waals surface area contributed by atoms with E-state index in [0.717, 1.165) is 53.6 Å². The monoisotopic (exact) mass is 381 g/mol. The molecule has 1 fully saturated rings. The Morgan fingerprint density at radius 3 is 2.34 bits per heavy atom. The highest BCUT2D eigenvalue weighted by Gasteiger charge is 2.25. The van der Waals surface area contributed by atoms with Crippen molar-refractivity contribution < 1.29 is 4.79 Å². The second-order valence-electron chi connectivity index (χ2n) is 7.55. The summed E-state index contributed by atoms with van der Waals surface area (Å²) in [7, 11) is 0. The molecule has 4 aromatic rings. The summed E-state index contributed by atoms with van der Waals surface area (Å²) in [6, 6.07) is 24.4. The Balaban J connectivity index is 1.68. The first-order valence-corrected chi connectivity index (χ1v) is 10.2. The normalized spacial score (nSPS) is 14.3. The quantitative estimate of drug-likeness (QED) is 0.482. The smallest absolute Gasteiger partial charge is 0.257 e. The molecule has 1 aromatic heterocycles. The maximum atomic E-state index is 13.4. The fourth-order valence-electron chi connectivity index (χ4n) is 4.14. The van der Waals surface area contributed by atoms with Crippen molar-refractivity contribution in [2.24, 2.45) is 0 Å². The van der Waals surface area contributed by atoms with Crippen LogP contribution < -0.4 is 0 Å². The lowest BCUT2D eigenvalue weighted by atomic mass is 9.99. The molecule has 4 nitrogen and oxygen atoms in total. The van der Waals surface area contributed by atoms with Crippen LogP contribution in [0.1, 0.15) is 29.6 Å². The molecule has 1 aliphatic heterocycles. The molecule has 0 radical (unpaired) electrons. The van der Waals surface area contributed by atoms with Crippen molar-refractivity contribution in [3.63, 3.8) is 0 Å². The molecule has 1 aliphatic rings. The van der Waals surface area contributed by atoms with E-state index in [4.69, 9.17) is 5.10 Å². The average Bonchev–Trinajstić information content (AvgIpc) is 3.24. The summed E-state index contributed by atoms with van der Waals surface area (Å²) in [6.07, 6.45) is 5.23. The van der Waals surface area contributed by atoms with Gasteiger partial charge in [0.2, 0.25) is 0 Å². The number of carbonyl (C=O) groups is 1. The summed E-state index contributed by atoms with van der Waals surface area (Å²) in [6.45, 7) is 1.65. The van der Waals surface area contributed by atoms with Crippen LogP contribution in [0.25, 0.3) is 27.7 Å². The number of aromatic nitrogens is 2. The summed E-state index contributed by atoms with van der Waals surface area (Å²) in [5, 5.41) is 7.15. The van der Waals surface area contributed by atoms with E-state index in [1.807, 2.05) is 64.3 Å². The summed E-state index contributed by atoms with van der Waals surface area (Å²) in [5.74, 6) is 0.0785. The van der Waals surface area contributed by atoms with Gasteiger partial charge in [-0.2, -0.15) is 5.10 Å². The van der Waals surface area contributed by atoms with Gasteiger partial charge in [-0.3, -0.25) is 4.79 Å². The van der Waals surface area contributed by atoms with Gasteiger partial charge in [0.25, 0.3) is 5.91 Å². The minimum atomic E-state index is 0.0785. The van der Waals surface area contributed by atoms with E-state index < -0.39 is 0 Å². The van der Waals surface area contributed by atoms with Gasteiger partial charge in [-0.15, -0.1) is 0 Å². The molecule has 0 saturated carbocycles. The van der Waals surface area contributed by atoms with E-state index in [9.17, 15) is 4.79 Å². The Morgan fingerprint density at radius 2 is 1.52 bits per heavy atom. The van der Waals surface area contributed by atoms with Crippen LogP contribution in [0.3, 0.4) is 0 Å². The number of hydrogen-bond acceptors (Lipinski definition) is 2. The largest absolute Gasteiger partial charge is 0.339 e. The SMILES string of the molecule is O=C(c1cn(-c2ccccc2)nc1-c1cccc2ccccc12)N1CCCCC1. The van der Waals surface area contributed by atoms with E-state index in [1.54, 1.807) is 0 Å². The molecule has 0 bridgehead atoms. The molecule has 0 N–H and O–H groups in total. The van der Waals surface area contributed by atoms with Crippen LogP contribution in [0.4, 0.5) is 0 Å². The summed E-state index contributed by atoms with van der Waals surface area (Å²) >= 11 is 0. The molecule has 1 amide bonds. The van der Waals surface area contributed by atoms with Gasteiger partial charge in [-0.25, -0.2) is 4.68 Å². The third kappa shape index (κ3) is 3.31. The Kier molecular flexibility index (Phi) is 4.60. The first-order chi connectivity index (χ1) is 14.3. The van der Waals surface area contributed by atoms with Crippen molar-refractivity contribution >= 4 is 16.7 Å². The average molecular weight is 381 g/mol. The molecule has 4 heteroatoms. The molecular weight excluding hydrogens is 358 g/mol. The van der Waals surface area contributed by atoms with Crippen LogP contribution in [0.2, 0.25) is 0 Å². The summed E-state index contributed by atoms with van der Waals surface area (Å²) < 4.78 is 1.83. The Morgan fingerprint density at radius 1 is 0.793 bits per heavy atom. The zero-order chi connectivity index (χ0) is 19.6. The molecule has 29 heavy (non-hydrogen) atoms. The molecule has 3 aromatic carbocycles. The van der Waals surface area contributed by atoms with E-state index in [-0.39, 0.29) is 5.91 Å². The lowest BCUT2D eigenvalue weighted by Crippen LogP contribution is -2.35. The van der Waals surface area contributed by atoms with Crippen LogP contribution in [0, 0.1) is 0 Å². The van der Waals surface area contributed by atoms with Crippen molar-refractivity contribution in [3.8, 4) is 16.9 Å². The minimum absolute atomic E-state index is 0.0785. The molecule has 0 unspecified atom stereocenters. The maximum absolute atomic E-state index is 13.4. The van der Waals surface area contributed by atoms with Crippen molar-refractivity contribution in [2.45, 2.75) is 19.3 Å². The lowest BCUT2D eigenvalue weighted by molar-refractivity contribution is 0.0725. The van der Waals surface area contributed by atoms with Gasteiger partial charge in [0.05, 0.1) is 11.3 Å². The number of fused-ring (bicyclic) bond motifs is 1. The third-order valence-corrected chi connectivity index (χ3v) is 5.65. The van der Waals surface area contributed by atoms with E-state index in [2.05, 4.69) is 24.3 Å². The topological polar surface area (TPSA) is 38.1 Å². The van der Waals surface area contributed by atoms with Gasteiger partial charge in [-0.1, -0.05) is 60.7 Å². The highest BCUT2D eigenvalue weighted by Crippen LogP contribution is 2.31. The van der Waals surface area contributed by atoms with Gasteiger partial charge < -0.3 is 4.90 Å². The highest BCUT2D eigenvalue weighted by atomic mass is 16.2. The number of hydrogen-bond donors (Lipinski definition) is 0. The second-order valence-corrected chi connectivity index (χ2v) is 7.55. The molecule has 5 rings (SSSR count). The Labute approximate surface area is 170 Å². The first kappa shape index (κ1) is 17.7. The predicted molar refractivity (Wildman–Crippen MR) is 116 cm³/mol. The standard InChI is InChI=1S/C25H23N3O/c29-25(27-16-7-2-8-17-27)23-18-28(20-12-3-1-4-13-20)26-24(23)22-15-9-11-19-10-5-6-14-21(19)22/h1,3-6,9-15,18H,2,7-8,16-17H2. The molecule has 0 spiro atoms. The number of rotatable bonds is 3. The third-order valence-electron chi connectivity index (χ3n) is 5.65. The van der Waals surface area contributed by atoms with Gasteiger partial charge in [0.1, 0.15) is 5.69 Å². The Bertz CT molecular complexity index is 1150. The Hall–Kier alpha value is -3.40. The number of benzene rings is 3. The molecule has 2 heterocycles. The fraction of sp³-hybridized carbons (Fsp3) is 0.200.